The molecule has 0 radical (unpaired) electrons. The van der Waals surface area contributed by atoms with Crippen LogP contribution in [-0.4, -0.2) is 5.78 Å². The van der Waals surface area contributed by atoms with Gasteiger partial charge in [0.05, 0.1) is 4.48 Å². The molecule has 0 fully saturated rings. The summed E-state index contributed by atoms with van der Waals surface area (Å²) in [6.07, 6.45) is 13.2. The zero-order valence-corrected chi connectivity index (χ0v) is 14.1. The fourth-order valence-electron chi connectivity index (χ4n) is 2.59. The topological polar surface area (TPSA) is 17.1 Å². The summed E-state index contributed by atoms with van der Waals surface area (Å²) in [5, 5.41) is 0. The second-order valence-electron chi connectivity index (χ2n) is 5.87. The first kappa shape index (κ1) is 16.7. The molecule has 1 aliphatic carbocycles. The quantitative estimate of drug-likeness (QED) is 0.407. The van der Waals surface area contributed by atoms with Gasteiger partial charge in [-0.15, -0.1) is 0 Å². The Morgan fingerprint density at radius 2 is 1.84 bits per heavy atom. The molecule has 0 saturated heterocycles. The molecule has 2 heteroatoms. The highest BCUT2D eigenvalue weighted by Gasteiger charge is 2.28. The fourth-order valence-corrected chi connectivity index (χ4v) is 3.14. The molecule has 0 N–H and O–H groups in total. The monoisotopic (exact) mass is 326 g/mol. The van der Waals surface area contributed by atoms with E-state index >= 15 is 0 Å². The van der Waals surface area contributed by atoms with Gasteiger partial charge in [-0.05, 0) is 28.3 Å². The van der Waals surface area contributed by atoms with E-state index in [4.69, 9.17) is 0 Å². The summed E-state index contributed by atoms with van der Waals surface area (Å²) in [4.78, 5) is 12.0. The van der Waals surface area contributed by atoms with Crippen LogP contribution < -0.4 is 0 Å². The van der Waals surface area contributed by atoms with Gasteiger partial charge in [-0.3, -0.25) is 4.79 Å². The average Bonchev–Trinajstić information content (AvgIpc) is 2.61. The van der Waals surface area contributed by atoms with Crippen LogP contribution in [0, 0.1) is 11.8 Å². The Balaban J connectivity index is 2.41. The second-order valence-corrected chi connectivity index (χ2v) is 6.73. The number of unbranched alkanes of at least 4 members (excludes halogenated alkanes) is 5. The number of rotatable bonds is 8. The molecule has 0 bridgehead atoms. The average molecular weight is 327 g/mol. The van der Waals surface area contributed by atoms with Gasteiger partial charge in [-0.25, -0.2) is 0 Å². The lowest BCUT2D eigenvalue weighted by Gasteiger charge is -2.11. The lowest BCUT2D eigenvalue weighted by Crippen LogP contribution is -2.05. The lowest BCUT2D eigenvalue weighted by molar-refractivity contribution is -0.111. The minimum atomic E-state index is 0.199. The van der Waals surface area contributed by atoms with Crippen molar-refractivity contribution in [1.29, 1.82) is 0 Å². The number of hydrogen-bond acceptors (Lipinski definition) is 1. The Bertz CT molecular complexity index is 352. The van der Waals surface area contributed by atoms with Gasteiger partial charge < -0.3 is 0 Å². The number of hydrogen-bond donors (Lipinski definition) is 0. The molecule has 0 spiro atoms. The van der Waals surface area contributed by atoms with Crippen LogP contribution in [0.2, 0.25) is 0 Å². The molecule has 1 nitrogen and oxygen atoms in total. The molecular formula is C17H27BrO. The zero-order valence-electron chi connectivity index (χ0n) is 12.5. The number of Topliss-reactive ketones (excluding diaryl/α,β-unsaturated/α-hetero) is 1. The van der Waals surface area contributed by atoms with Crippen LogP contribution in [0.1, 0.15) is 65.7 Å². The summed E-state index contributed by atoms with van der Waals surface area (Å²) in [6, 6.07) is 0. The van der Waals surface area contributed by atoms with Gasteiger partial charge in [-0.1, -0.05) is 71.4 Å². The van der Waals surface area contributed by atoms with Gasteiger partial charge >= 0.3 is 0 Å². The third-order valence-electron chi connectivity index (χ3n) is 3.61. The molecule has 0 aromatic heterocycles. The van der Waals surface area contributed by atoms with E-state index in [1.54, 1.807) is 0 Å². The van der Waals surface area contributed by atoms with Crippen LogP contribution in [0.4, 0.5) is 0 Å². The minimum absolute atomic E-state index is 0.199. The lowest BCUT2D eigenvalue weighted by atomic mass is 9.93. The normalized spacial score (nSPS) is 21.5. The largest absolute Gasteiger partial charge is 0.288 e. The van der Waals surface area contributed by atoms with Gasteiger partial charge in [0.1, 0.15) is 0 Å². The van der Waals surface area contributed by atoms with Crippen molar-refractivity contribution in [2.75, 3.05) is 0 Å². The Kier molecular flexibility index (Phi) is 7.67. The van der Waals surface area contributed by atoms with Crippen LogP contribution >= 0.6 is 15.9 Å². The zero-order chi connectivity index (χ0) is 14.3. The maximum Gasteiger partial charge on any atom is 0.195 e. The van der Waals surface area contributed by atoms with Gasteiger partial charge in [0.2, 0.25) is 0 Å². The predicted molar refractivity (Wildman–Crippen MR) is 86.4 cm³/mol. The van der Waals surface area contributed by atoms with Gasteiger partial charge in [0.15, 0.2) is 5.78 Å². The Morgan fingerprint density at radius 3 is 2.47 bits per heavy atom. The number of ketones is 1. The van der Waals surface area contributed by atoms with E-state index in [0.29, 0.717) is 11.8 Å². The van der Waals surface area contributed by atoms with E-state index in [-0.39, 0.29) is 5.78 Å². The molecule has 0 amide bonds. The number of carbonyl (C=O) groups is 1. The minimum Gasteiger partial charge on any atom is -0.288 e. The predicted octanol–water partition coefficient (Wildman–Crippen LogP) is 5.80. The molecule has 0 aliphatic heterocycles. The fraction of sp³-hybridized carbons (Fsp3) is 0.706. The van der Waals surface area contributed by atoms with E-state index in [0.717, 1.165) is 16.5 Å². The van der Waals surface area contributed by atoms with E-state index in [1.807, 2.05) is 0 Å². The summed E-state index contributed by atoms with van der Waals surface area (Å²) in [6.45, 7) is 6.51. The summed E-state index contributed by atoms with van der Waals surface area (Å²) in [7, 11) is 0. The molecular weight excluding hydrogens is 300 g/mol. The number of halogens is 1. The SMILES string of the molecule is CCCCCCCCC1C=C(Br)C(=O)C1=CC(C)C. The maximum atomic E-state index is 12.0. The molecule has 0 heterocycles. The molecule has 19 heavy (non-hydrogen) atoms. The van der Waals surface area contributed by atoms with Crippen LogP contribution in [-0.2, 0) is 4.79 Å². The molecule has 0 saturated carbocycles. The summed E-state index contributed by atoms with van der Waals surface area (Å²) in [5.74, 6) is 0.984. The van der Waals surface area contributed by atoms with Gasteiger partial charge in [0, 0.05) is 11.5 Å². The molecule has 1 atom stereocenters. The number of allylic oxidation sites excluding steroid dienone is 4. The van der Waals surface area contributed by atoms with Crippen molar-refractivity contribution in [2.24, 2.45) is 11.8 Å². The van der Waals surface area contributed by atoms with Crippen molar-refractivity contribution in [3.05, 3.63) is 22.2 Å². The maximum absolute atomic E-state index is 12.0. The first-order valence-corrected chi connectivity index (χ1v) is 8.49. The van der Waals surface area contributed by atoms with Crippen LogP contribution in [0.25, 0.3) is 0 Å². The smallest absolute Gasteiger partial charge is 0.195 e. The van der Waals surface area contributed by atoms with Crippen molar-refractivity contribution in [2.45, 2.75) is 65.7 Å². The van der Waals surface area contributed by atoms with Crippen molar-refractivity contribution in [3.63, 3.8) is 0 Å². The van der Waals surface area contributed by atoms with Crippen molar-refractivity contribution in [3.8, 4) is 0 Å². The molecule has 1 unspecified atom stereocenters. The summed E-state index contributed by atoms with van der Waals surface area (Å²) in [5.41, 5.74) is 1.01. The summed E-state index contributed by atoms with van der Waals surface area (Å²) < 4.78 is 0.760. The molecule has 1 aliphatic rings. The standard InChI is InChI=1S/C17H27BrO/c1-4-5-6-7-8-9-10-14-12-16(18)17(19)15(14)11-13(2)3/h11-14H,4-10H2,1-3H3. The summed E-state index contributed by atoms with van der Waals surface area (Å²) >= 11 is 3.39. The van der Waals surface area contributed by atoms with E-state index in [2.05, 4.69) is 48.9 Å². The van der Waals surface area contributed by atoms with Crippen molar-refractivity contribution >= 4 is 21.7 Å². The van der Waals surface area contributed by atoms with Gasteiger partial charge in [0.25, 0.3) is 0 Å². The highest BCUT2D eigenvalue weighted by Crippen LogP contribution is 2.34. The Labute approximate surface area is 126 Å². The third-order valence-corrected chi connectivity index (χ3v) is 4.23. The van der Waals surface area contributed by atoms with E-state index in [1.165, 1.54) is 38.5 Å². The van der Waals surface area contributed by atoms with Crippen molar-refractivity contribution < 1.29 is 4.79 Å². The second kappa shape index (κ2) is 8.73. The number of carbonyl (C=O) groups excluding carboxylic acids is 1. The van der Waals surface area contributed by atoms with Gasteiger partial charge in [-0.2, -0.15) is 0 Å². The van der Waals surface area contributed by atoms with E-state index < -0.39 is 0 Å². The first-order chi connectivity index (χ1) is 9.06. The molecule has 108 valence electrons. The van der Waals surface area contributed by atoms with Crippen LogP contribution in [0.3, 0.4) is 0 Å². The highest BCUT2D eigenvalue weighted by atomic mass is 79.9. The van der Waals surface area contributed by atoms with Crippen molar-refractivity contribution in [1.82, 2.24) is 0 Å². The third kappa shape index (κ3) is 5.64. The van der Waals surface area contributed by atoms with Crippen LogP contribution in [0.15, 0.2) is 22.2 Å². The Morgan fingerprint density at radius 1 is 1.21 bits per heavy atom. The molecule has 0 aromatic rings. The van der Waals surface area contributed by atoms with Crippen LogP contribution in [0.5, 0.6) is 0 Å². The Hall–Kier alpha value is -0.370. The van der Waals surface area contributed by atoms with E-state index in [9.17, 15) is 4.79 Å². The molecule has 0 aromatic carbocycles. The first-order valence-electron chi connectivity index (χ1n) is 7.70. The highest BCUT2D eigenvalue weighted by molar-refractivity contribution is 9.12. The molecule has 1 rings (SSSR count).